The van der Waals surface area contributed by atoms with Gasteiger partial charge in [-0.3, -0.25) is 9.79 Å². The summed E-state index contributed by atoms with van der Waals surface area (Å²) in [7, 11) is 3.54. The van der Waals surface area contributed by atoms with Crippen LogP contribution in [0.15, 0.2) is 28.6 Å². The van der Waals surface area contributed by atoms with Crippen LogP contribution in [0, 0.1) is 0 Å². The number of nitrogens with one attached hydrogen (secondary N) is 1. The Labute approximate surface area is 174 Å². The average Bonchev–Trinajstić information content (AvgIpc) is 2.96. The van der Waals surface area contributed by atoms with E-state index in [1.807, 2.05) is 17.0 Å². The molecule has 0 unspecified atom stereocenters. The number of aromatic nitrogens is 1. The first kappa shape index (κ1) is 21.8. The summed E-state index contributed by atoms with van der Waals surface area (Å²) < 4.78 is 7.15. The number of nitrogens with zero attached hydrogens (tertiary/aromatic N) is 2. The number of halogens is 2. The summed E-state index contributed by atoms with van der Waals surface area (Å²) in [4.78, 5) is 18.2. The molecule has 2 aromatic rings. The van der Waals surface area contributed by atoms with Crippen molar-refractivity contribution in [1.29, 1.82) is 0 Å². The van der Waals surface area contributed by atoms with Gasteiger partial charge in [-0.05, 0) is 31.0 Å². The first-order valence-corrected chi connectivity index (χ1v) is 10.1. The number of thiazole rings is 1. The van der Waals surface area contributed by atoms with E-state index in [0.29, 0.717) is 28.9 Å². The molecule has 1 saturated carbocycles. The molecule has 1 amide bonds. The molecule has 0 aliphatic heterocycles. The third-order valence-electron chi connectivity index (χ3n) is 4.66. The van der Waals surface area contributed by atoms with Crippen LogP contribution in [0.3, 0.4) is 0 Å². The minimum Gasteiger partial charge on any atom is -0.495 e. The van der Waals surface area contributed by atoms with E-state index in [4.69, 9.17) is 21.3 Å². The molecule has 27 heavy (non-hydrogen) atoms. The SMILES string of the molecule is COc1ccc(NC(=O)Cc2csc(=NC3CCCCC3)n2C)cc1Cl.Cl. The summed E-state index contributed by atoms with van der Waals surface area (Å²) in [6.45, 7) is 0. The highest BCUT2D eigenvalue weighted by Crippen LogP contribution is 2.27. The first-order valence-electron chi connectivity index (χ1n) is 8.87. The third-order valence-corrected chi connectivity index (χ3v) is 5.94. The van der Waals surface area contributed by atoms with Crippen LogP contribution >= 0.6 is 35.3 Å². The van der Waals surface area contributed by atoms with Crippen LogP contribution < -0.4 is 14.9 Å². The van der Waals surface area contributed by atoms with Crippen LogP contribution in [-0.4, -0.2) is 23.6 Å². The molecular weight excluding hydrogens is 405 g/mol. The summed E-state index contributed by atoms with van der Waals surface area (Å²) in [5, 5.41) is 5.37. The van der Waals surface area contributed by atoms with E-state index in [2.05, 4.69) is 5.32 Å². The Hall–Kier alpha value is -1.50. The fourth-order valence-electron chi connectivity index (χ4n) is 3.16. The monoisotopic (exact) mass is 429 g/mol. The summed E-state index contributed by atoms with van der Waals surface area (Å²) in [5.74, 6) is 0.506. The number of methoxy groups -OCH3 is 1. The Balaban J connectivity index is 0.00000261. The van der Waals surface area contributed by atoms with Crippen molar-refractivity contribution < 1.29 is 9.53 Å². The second-order valence-electron chi connectivity index (χ2n) is 6.56. The minimum absolute atomic E-state index is 0. The average molecular weight is 430 g/mol. The molecule has 0 radical (unpaired) electrons. The molecule has 0 saturated heterocycles. The Morgan fingerprint density at radius 2 is 2.11 bits per heavy atom. The number of hydrogen-bond donors (Lipinski definition) is 1. The van der Waals surface area contributed by atoms with Gasteiger partial charge in [0.1, 0.15) is 5.75 Å². The number of benzene rings is 1. The number of carbonyl (C=O) groups is 1. The van der Waals surface area contributed by atoms with Gasteiger partial charge in [-0.1, -0.05) is 30.9 Å². The van der Waals surface area contributed by atoms with Crippen molar-refractivity contribution >= 4 is 46.9 Å². The van der Waals surface area contributed by atoms with Gasteiger partial charge in [0.15, 0.2) is 4.80 Å². The number of amides is 1. The highest BCUT2D eigenvalue weighted by molar-refractivity contribution is 7.07. The number of carbonyl (C=O) groups excluding carboxylic acids is 1. The van der Waals surface area contributed by atoms with Crippen molar-refractivity contribution in [3.63, 3.8) is 0 Å². The maximum atomic E-state index is 12.4. The number of hydrogen-bond acceptors (Lipinski definition) is 4. The van der Waals surface area contributed by atoms with Crippen molar-refractivity contribution in [2.75, 3.05) is 12.4 Å². The highest BCUT2D eigenvalue weighted by Gasteiger charge is 2.14. The van der Waals surface area contributed by atoms with Crippen molar-refractivity contribution in [2.45, 2.75) is 44.6 Å². The topological polar surface area (TPSA) is 55.6 Å². The molecule has 1 heterocycles. The zero-order chi connectivity index (χ0) is 18.5. The lowest BCUT2D eigenvalue weighted by Gasteiger charge is -2.16. The normalized spacial score (nSPS) is 15.3. The van der Waals surface area contributed by atoms with Gasteiger partial charge in [0.25, 0.3) is 0 Å². The second-order valence-corrected chi connectivity index (χ2v) is 7.81. The van der Waals surface area contributed by atoms with E-state index in [1.165, 1.54) is 32.1 Å². The van der Waals surface area contributed by atoms with E-state index < -0.39 is 0 Å². The fraction of sp³-hybridized carbons (Fsp3) is 0.474. The van der Waals surface area contributed by atoms with Crippen LogP contribution in [0.2, 0.25) is 5.02 Å². The van der Waals surface area contributed by atoms with Gasteiger partial charge in [0.05, 0.1) is 24.6 Å². The Kier molecular flexibility index (Phi) is 8.20. The molecule has 1 aliphatic rings. The molecule has 0 bridgehead atoms. The van der Waals surface area contributed by atoms with Crippen LogP contribution in [0.5, 0.6) is 5.75 Å². The Morgan fingerprint density at radius 1 is 1.37 bits per heavy atom. The van der Waals surface area contributed by atoms with Crippen molar-refractivity contribution in [3.05, 3.63) is 39.1 Å². The molecule has 1 N–H and O–H groups in total. The summed E-state index contributed by atoms with van der Waals surface area (Å²) in [5.41, 5.74) is 1.62. The first-order chi connectivity index (χ1) is 12.6. The maximum absolute atomic E-state index is 12.4. The largest absolute Gasteiger partial charge is 0.495 e. The molecular formula is C19H25Cl2N3O2S. The molecule has 5 nitrogen and oxygen atoms in total. The van der Waals surface area contributed by atoms with Gasteiger partial charge in [-0.2, -0.15) is 0 Å². The van der Waals surface area contributed by atoms with Crippen LogP contribution in [-0.2, 0) is 18.3 Å². The molecule has 8 heteroatoms. The standard InChI is InChI=1S/C19H24ClN3O2S.ClH/c1-23-15(12-26-19(23)22-13-6-4-3-5-7-13)11-18(24)21-14-8-9-17(25-2)16(20)10-14;/h8-10,12-13H,3-7,11H2,1-2H3,(H,21,24);1H. The molecule has 148 valence electrons. The van der Waals surface area contributed by atoms with Gasteiger partial charge in [0, 0.05) is 23.8 Å². The van der Waals surface area contributed by atoms with E-state index in [9.17, 15) is 4.79 Å². The molecule has 1 aliphatic carbocycles. The summed E-state index contributed by atoms with van der Waals surface area (Å²) in [6.07, 6.45) is 6.50. The lowest BCUT2D eigenvalue weighted by atomic mass is 9.96. The van der Waals surface area contributed by atoms with Crippen LogP contribution in [0.1, 0.15) is 37.8 Å². The van der Waals surface area contributed by atoms with E-state index in [1.54, 1.807) is 36.6 Å². The van der Waals surface area contributed by atoms with Crippen LogP contribution in [0.4, 0.5) is 5.69 Å². The van der Waals surface area contributed by atoms with Gasteiger partial charge in [-0.15, -0.1) is 23.7 Å². The van der Waals surface area contributed by atoms with E-state index >= 15 is 0 Å². The smallest absolute Gasteiger partial charge is 0.230 e. The summed E-state index contributed by atoms with van der Waals surface area (Å²) in [6, 6.07) is 5.64. The minimum atomic E-state index is -0.0798. The van der Waals surface area contributed by atoms with Gasteiger partial charge < -0.3 is 14.6 Å². The second kappa shape index (κ2) is 10.2. The predicted molar refractivity (Wildman–Crippen MR) is 113 cm³/mol. The number of rotatable bonds is 5. The zero-order valence-corrected chi connectivity index (χ0v) is 17.9. The Bertz CT molecular complexity index is 842. The van der Waals surface area contributed by atoms with Crippen LogP contribution in [0.25, 0.3) is 0 Å². The quantitative estimate of drug-likeness (QED) is 0.755. The molecule has 0 spiro atoms. The third kappa shape index (κ3) is 5.74. The molecule has 3 rings (SSSR count). The fourth-order valence-corrected chi connectivity index (χ4v) is 4.39. The molecule has 1 aromatic carbocycles. The van der Waals surface area contributed by atoms with Crippen molar-refractivity contribution in [1.82, 2.24) is 4.57 Å². The molecule has 0 atom stereocenters. The predicted octanol–water partition coefficient (Wildman–Crippen LogP) is 4.59. The number of ether oxygens (including phenoxy) is 1. The van der Waals surface area contributed by atoms with Gasteiger partial charge in [0.2, 0.25) is 5.91 Å². The lowest BCUT2D eigenvalue weighted by Crippen LogP contribution is -2.22. The van der Waals surface area contributed by atoms with Gasteiger partial charge in [-0.25, -0.2) is 0 Å². The van der Waals surface area contributed by atoms with Crippen molar-refractivity contribution in [2.24, 2.45) is 12.0 Å². The van der Waals surface area contributed by atoms with Gasteiger partial charge >= 0.3 is 0 Å². The lowest BCUT2D eigenvalue weighted by molar-refractivity contribution is -0.115. The zero-order valence-electron chi connectivity index (χ0n) is 15.5. The molecule has 1 fully saturated rings. The van der Waals surface area contributed by atoms with E-state index in [0.717, 1.165) is 10.5 Å². The Morgan fingerprint density at radius 3 is 2.78 bits per heavy atom. The number of anilines is 1. The highest BCUT2D eigenvalue weighted by atomic mass is 35.5. The molecule has 1 aromatic heterocycles. The maximum Gasteiger partial charge on any atom is 0.230 e. The van der Waals surface area contributed by atoms with Crippen molar-refractivity contribution in [3.8, 4) is 5.75 Å². The summed E-state index contributed by atoms with van der Waals surface area (Å²) >= 11 is 7.71. The van der Waals surface area contributed by atoms with E-state index in [-0.39, 0.29) is 18.3 Å².